The molecule has 0 saturated carbocycles. The number of aromatic nitrogens is 1. The van der Waals surface area contributed by atoms with E-state index in [9.17, 15) is 9.18 Å². The van der Waals surface area contributed by atoms with E-state index in [2.05, 4.69) is 9.72 Å². The molecule has 3 rings (SSSR count). The standard InChI is InChI=1S/C13H10FNO3/c1-17-13(16)10-4-7-6-18-11-3-2-8(14)5-9(11)12(7)15-10/h2-5,15H,6H2,1H3. The van der Waals surface area contributed by atoms with Crippen LogP contribution in [0, 0.1) is 5.82 Å². The van der Waals surface area contributed by atoms with Gasteiger partial charge < -0.3 is 14.5 Å². The number of carbonyl (C=O) groups excluding carboxylic acids is 1. The number of halogens is 1. The lowest BCUT2D eigenvalue weighted by Gasteiger charge is -2.17. The number of benzene rings is 1. The van der Waals surface area contributed by atoms with Crippen molar-refractivity contribution in [2.45, 2.75) is 6.61 Å². The van der Waals surface area contributed by atoms with Crippen LogP contribution in [0.25, 0.3) is 11.3 Å². The van der Waals surface area contributed by atoms with Gasteiger partial charge >= 0.3 is 5.97 Å². The van der Waals surface area contributed by atoms with Crippen LogP contribution in [0.5, 0.6) is 5.75 Å². The second kappa shape index (κ2) is 3.87. The molecule has 0 aliphatic carbocycles. The zero-order chi connectivity index (χ0) is 12.7. The highest BCUT2D eigenvalue weighted by atomic mass is 19.1. The molecular formula is C13H10FNO3. The van der Waals surface area contributed by atoms with Crippen molar-refractivity contribution in [2.75, 3.05) is 7.11 Å². The zero-order valence-corrected chi connectivity index (χ0v) is 9.62. The van der Waals surface area contributed by atoms with Crippen molar-refractivity contribution in [3.05, 3.63) is 41.3 Å². The van der Waals surface area contributed by atoms with Gasteiger partial charge in [-0.2, -0.15) is 0 Å². The molecule has 0 atom stereocenters. The van der Waals surface area contributed by atoms with Gasteiger partial charge in [-0.05, 0) is 24.3 Å². The number of hydrogen-bond acceptors (Lipinski definition) is 3. The van der Waals surface area contributed by atoms with E-state index < -0.39 is 5.97 Å². The van der Waals surface area contributed by atoms with Gasteiger partial charge in [-0.15, -0.1) is 0 Å². The molecule has 0 spiro atoms. The van der Waals surface area contributed by atoms with Crippen molar-refractivity contribution in [2.24, 2.45) is 0 Å². The molecule has 2 aromatic rings. The first-order valence-corrected chi connectivity index (χ1v) is 5.42. The SMILES string of the molecule is COC(=O)c1cc2c([nH]1)-c1cc(F)ccc1OC2. The van der Waals surface area contributed by atoms with Gasteiger partial charge in [0.2, 0.25) is 0 Å². The number of hydrogen-bond donors (Lipinski definition) is 1. The Hall–Kier alpha value is -2.30. The predicted octanol–water partition coefficient (Wildman–Crippen LogP) is 2.50. The van der Waals surface area contributed by atoms with Crippen LogP contribution in [0.1, 0.15) is 16.1 Å². The quantitative estimate of drug-likeness (QED) is 0.788. The van der Waals surface area contributed by atoms with Crippen LogP contribution in [0.2, 0.25) is 0 Å². The maximum atomic E-state index is 13.3. The molecule has 92 valence electrons. The van der Waals surface area contributed by atoms with E-state index in [4.69, 9.17) is 4.74 Å². The molecule has 0 saturated heterocycles. The summed E-state index contributed by atoms with van der Waals surface area (Å²) in [5.41, 5.74) is 2.47. The lowest BCUT2D eigenvalue weighted by molar-refractivity contribution is 0.0595. The fourth-order valence-electron chi connectivity index (χ4n) is 2.05. The number of rotatable bonds is 1. The predicted molar refractivity (Wildman–Crippen MR) is 61.9 cm³/mol. The van der Waals surface area contributed by atoms with Crippen LogP contribution >= 0.6 is 0 Å². The molecule has 0 radical (unpaired) electrons. The lowest BCUT2D eigenvalue weighted by atomic mass is 10.0. The topological polar surface area (TPSA) is 51.3 Å². The van der Waals surface area contributed by atoms with Crippen molar-refractivity contribution in [1.29, 1.82) is 0 Å². The molecule has 18 heavy (non-hydrogen) atoms. The number of aromatic amines is 1. The van der Waals surface area contributed by atoms with Gasteiger partial charge in [0, 0.05) is 11.1 Å². The van der Waals surface area contributed by atoms with Gasteiger partial charge in [-0.25, -0.2) is 9.18 Å². The molecular weight excluding hydrogens is 237 g/mol. The van der Waals surface area contributed by atoms with E-state index in [1.54, 1.807) is 12.1 Å². The Kier molecular flexibility index (Phi) is 2.33. The van der Waals surface area contributed by atoms with Crippen LogP contribution in [0.3, 0.4) is 0 Å². The summed E-state index contributed by atoms with van der Waals surface area (Å²) in [7, 11) is 1.31. The largest absolute Gasteiger partial charge is 0.488 e. The van der Waals surface area contributed by atoms with Crippen LogP contribution in [-0.2, 0) is 11.3 Å². The Morgan fingerprint density at radius 2 is 2.28 bits per heavy atom. The summed E-state index contributed by atoms with van der Waals surface area (Å²) < 4.78 is 23.4. The van der Waals surface area contributed by atoms with Crippen molar-refractivity contribution in [3.63, 3.8) is 0 Å². The van der Waals surface area contributed by atoms with E-state index in [-0.39, 0.29) is 5.82 Å². The van der Waals surface area contributed by atoms with Crippen LogP contribution in [-0.4, -0.2) is 18.1 Å². The molecule has 1 aromatic carbocycles. The second-order valence-corrected chi connectivity index (χ2v) is 4.00. The molecule has 1 N–H and O–H groups in total. The molecule has 0 amide bonds. The normalized spacial score (nSPS) is 12.3. The summed E-state index contributed by atoms with van der Waals surface area (Å²) in [6.07, 6.45) is 0. The van der Waals surface area contributed by atoms with Crippen molar-refractivity contribution in [3.8, 4) is 17.0 Å². The summed E-state index contributed by atoms with van der Waals surface area (Å²) in [4.78, 5) is 14.4. The Morgan fingerprint density at radius 3 is 3.06 bits per heavy atom. The van der Waals surface area contributed by atoms with E-state index in [1.807, 2.05) is 0 Å². The number of carbonyl (C=O) groups is 1. The third-order valence-electron chi connectivity index (χ3n) is 2.90. The Morgan fingerprint density at radius 1 is 1.44 bits per heavy atom. The number of H-pyrrole nitrogens is 1. The summed E-state index contributed by atoms with van der Waals surface area (Å²) >= 11 is 0. The second-order valence-electron chi connectivity index (χ2n) is 4.00. The van der Waals surface area contributed by atoms with Gasteiger partial charge in [0.05, 0.1) is 12.8 Å². The molecule has 0 fully saturated rings. The first-order chi connectivity index (χ1) is 8.69. The first-order valence-electron chi connectivity index (χ1n) is 5.42. The Labute approximate surface area is 102 Å². The van der Waals surface area contributed by atoms with Crippen LogP contribution < -0.4 is 4.74 Å². The van der Waals surface area contributed by atoms with Gasteiger partial charge in [0.25, 0.3) is 0 Å². The molecule has 5 heteroatoms. The fraction of sp³-hybridized carbons (Fsp3) is 0.154. The van der Waals surface area contributed by atoms with Crippen molar-refractivity contribution >= 4 is 5.97 Å². The number of ether oxygens (including phenoxy) is 2. The van der Waals surface area contributed by atoms with Crippen molar-refractivity contribution in [1.82, 2.24) is 4.98 Å². The Bertz CT molecular complexity index is 633. The number of fused-ring (bicyclic) bond motifs is 3. The molecule has 2 heterocycles. The van der Waals surface area contributed by atoms with Crippen LogP contribution in [0.15, 0.2) is 24.3 Å². The van der Waals surface area contributed by atoms with Gasteiger partial charge in [-0.3, -0.25) is 0 Å². The number of methoxy groups -OCH3 is 1. The zero-order valence-electron chi connectivity index (χ0n) is 9.62. The summed E-state index contributed by atoms with van der Waals surface area (Å²) in [5, 5.41) is 0. The van der Waals surface area contributed by atoms with Gasteiger partial charge in [0.15, 0.2) is 0 Å². The highest BCUT2D eigenvalue weighted by molar-refractivity contribution is 5.90. The monoisotopic (exact) mass is 247 g/mol. The van der Waals surface area contributed by atoms with Crippen LogP contribution in [0.4, 0.5) is 4.39 Å². The highest BCUT2D eigenvalue weighted by Gasteiger charge is 2.22. The average molecular weight is 247 g/mol. The minimum absolute atomic E-state index is 0.336. The molecule has 0 unspecified atom stereocenters. The van der Waals surface area contributed by atoms with E-state index in [0.29, 0.717) is 29.3 Å². The Balaban J connectivity index is 2.14. The third-order valence-corrected chi connectivity index (χ3v) is 2.90. The average Bonchev–Trinajstić information content (AvgIpc) is 2.82. The maximum absolute atomic E-state index is 13.3. The van der Waals surface area contributed by atoms with E-state index in [0.717, 1.165) is 5.56 Å². The van der Waals surface area contributed by atoms with E-state index >= 15 is 0 Å². The molecule has 1 aliphatic rings. The lowest BCUT2D eigenvalue weighted by Crippen LogP contribution is -2.04. The number of esters is 1. The fourth-order valence-corrected chi connectivity index (χ4v) is 2.05. The molecule has 0 bridgehead atoms. The maximum Gasteiger partial charge on any atom is 0.354 e. The molecule has 4 nitrogen and oxygen atoms in total. The van der Waals surface area contributed by atoms with E-state index in [1.165, 1.54) is 19.2 Å². The molecule has 1 aromatic heterocycles. The summed E-state index contributed by atoms with van der Waals surface area (Å²) in [5.74, 6) is -0.205. The van der Waals surface area contributed by atoms with Gasteiger partial charge in [0.1, 0.15) is 23.9 Å². The van der Waals surface area contributed by atoms with Crippen molar-refractivity contribution < 1.29 is 18.7 Å². The highest BCUT2D eigenvalue weighted by Crippen LogP contribution is 2.37. The number of nitrogens with one attached hydrogen (secondary N) is 1. The first kappa shape index (κ1) is 10.8. The summed E-state index contributed by atoms with van der Waals surface area (Å²) in [6.45, 7) is 0.349. The molecule has 1 aliphatic heterocycles. The minimum Gasteiger partial charge on any atom is -0.488 e. The summed E-state index contributed by atoms with van der Waals surface area (Å²) in [6, 6.07) is 5.96. The minimum atomic E-state index is -0.456. The third kappa shape index (κ3) is 1.55. The van der Waals surface area contributed by atoms with Gasteiger partial charge in [-0.1, -0.05) is 0 Å². The smallest absolute Gasteiger partial charge is 0.354 e.